The van der Waals surface area contributed by atoms with Gasteiger partial charge in [0, 0.05) is 33.2 Å². The zero-order valence-electron chi connectivity index (χ0n) is 12.0. The Hall–Kier alpha value is -1.08. The van der Waals surface area contributed by atoms with Gasteiger partial charge in [-0.05, 0) is 13.3 Å². The Kier molecular flexibility index (Phi) is 3.61. The minimum atomic E-state index is -2.87. The van der Waals surface area contributed by atoms with E-state index in [9.17, 15) is 8.42 Å². The molecule has 1 aliphatic heterocycles. The molecule has 1 aromatic rings. The summed E-state index contributed by atoms with van der Waals surface area (Å²) >= 11 is 0. The van der Waals surface area contributed by atoms with Crippen molar-refractivity contribution in [1.29, 1.82) is 0 Å². The molecular weight excluding hydrogens is 264 g/mol. The number of nitrogens with one attached hydrogen (secondary N) is 1. The van der Waals surface area contributed by atoms with Gasteiger partial charge in [0.15, 0.2) is 9.84 Å². The molecule has 2 heterocycles. The van der Waals surface area contributed by atoms with Crippen LogP contribution in [0.1, 0.15) is 19.0 Å². The number of anilines is 1. The summed E-state index contributed by atoms with van der Waals surface area (Å²) in [7, 11) is 2.99. The van der Waals surface area contributed by atoms with Gasteiger partial charge < -0.3 is 14.8 Å². The summed E-state index contributed by atoms with van der Waals surface area (Å²) < 4.78 is 25.1. The quantitative estimate of drug-likeness (QED) is 0.853. The first-order valence-corrected chi connectivity index (χ1v) is 8.18. The minimum Gasteiger partial charge on any atom is -0.348 e. The van der Waals surface area contributed by atoms with Crippen LogP contribution >= 0.6 is 0 Å². The standard InChI is InChI=1S/C12H22N4O2S/c1-12(5-6-19(17,18)9-12)14-8-10-7-13-11(15(2)3)16(10)4/h7,14H,5-6,8-9H2,1-4H3. The van der Waals surface area contributed by atoms with Crippen molar-refractivity contribution in [2.24, 2.45) is 7.05 Å². The van der Waals surface area contributed by atoms with Crippen molar-refractivity contribution in [2.45, 2.75) is 25.4 Å². The maximum atomic E-state index is 11.6. The molecule has 0 amide bonds. The maximum absolute atomic E-state index is 11.6. The zero-order chi connectivity index (χ0) is 14.3. The Morgan fingerprint density at radius 1 is 1.53 bits per heavy atom. The average Bonchev–Trinajstić information content (AvgIpc) is 2.78. The van der Waals surface area contributed by atoms with Crippen LogP contribution in [-0.2, 0) is 23.4 Å². The molecule has 0 saturated carbocycles. The van der Waals surface area contributed by atoms with Gasteiger partial charge in [-0.2, -0.15) is 0 Å². The lowest BCUT2D eigenvalue weighted by molar-refractivity contribution is 0.390. The fraction of sp³-hybridized carbons (Fsp3) is 0.750. The molecule has 1 atom stereocenters. The van der Waals surface area contributed by atoms with Crippen molar-refractivity contribution in [3.05, 3.63) is 11.9 Å². The first-order valence-electron chi connectivity index (χ1n) is 6.36. The van der Waals surface area contributed by atoms with Gasteiger partial charge in [-0.25, -0.2) is 13.4 Å². The summed E-state index contributed by atoms with van der Waals surface area (Å²) in [4.78, 5) is 6.29. The molecule has 7 heteroatoms. The zero-order valence-corrected chi connectivity index (χ0v) is 12.8. The molecule has 1 unspecified atom stereocenters. The van der Waals surface area contributed by atoms with Crippen LogP contribution in [0.2, 0.25) is 0 Å². The van der Waals surface area contributed by atoms with Crippen LogP contribution in [-0.4, -0.2) is 49.1 Å². The van der Waals surface area contributed by atoms with Crippen LogP contribution < -0.4 is 10.2 Å². The summed E-state index contributed by atoms with van der Waals surface area (Å²) in [6, 6.07) is 0. The van der Waals surface area contributed by atoms with Crippen molar-refractivity contribution in [2.75, 3.05) is 30.5 Å². The molecule has 1 aliphatic rings. The Balaban J connectivity index is 2.04. The second-order valence-electron chi connectivity index (χ2n) is 5.76. The summed E-state index contributed by atoms with van der Waals surface area (Å²) in [5, 5.41) is 3.36. The summed E-state index contributed by atoms with van der Waals surface area (Å²) in [5.41, 5.74) is 0.732. The molecule has 2 rings (SSSR count). The second-order valence-corrected chi connectivity index (χ2v) is 7.94. The van der Waals surface area contributed by atoms with E-state index in [0.29, 0.717) is 13.0 Å². The van der Waals surface area contributed by atoms with E-state index in [1.54, 1.807) is 0 Å². The highest BCUT2D eigenvalue weighted by molar-refractivity contribution is 7.91. The third-order valence-corrected chi connectivity index (χ3v) is 5.56. The summed E-state index contributed by atoms with van der Waals surface area (Å²) in [5.74, 6) is 1.39. The molecule has 108 valence electrons. The molecule has 0 bridgehead atoms. The molecule has 0 aliphatic carbocycles. The van der Waals surface area contributed by atoms with Crippen LogP contribution in [0, 0.1) is 0 Å². The van der Waals surface area contributed by atoms with E-state index in [1.165, 1.54) is 0 Å². The van der Waals surface area contributed by atoms with Gasteiger partial charge in [-0.3, -0.25) is 0 Å². The first kappa shape index (κ1) is 14.3. The molecule has 6 nitrogen and oxygen atoms in total. The van der Waals surface area contributed by atoms with Crippen LogP contribution in [0.25, 0.3) is 0 Å². The van der Waals surface area contributed by atoms with Crippen molar-refractivity contribution < 1.29 is 8.42 Å². The van der Waals surface area contributed by atoms with Gasteiger partial charge in [0.1, 0.15) is 0 Å². The number of rotatable bonds is 4. The van der Waals surface area contributed by atoms with E-state index in [2.05, 4.69) is 10.3 Å². The van der Waals surface area contributed by atoms with Crippen molar-refractivity contribution in [1.82, 2.24) is 14.9 Å². The van der Waals surface area contributed by atoms with Crippen molar-refractivity contribution >= 4 is 15.8 Å². The van der Waals surface area contributed by atoms with Crippen LogP contribution in [0.15, 0.2) is 6.20 Å². The number of sulfone groups is 1. The fourth-order valence-electron chi connectivity index (χ4n) is 2.47. The fourth-order valence-corrected chi connectivity index (χ4v) is 4.59. The molecule has 0 radical (unpaired) electrons. The number of hydrogen-bond donors (Lipinski definition) is 1. The van der Waals surface area contributed by atoms with Crippen LogP contribution in [0.3, 0.4) is 0 Å². The van der Waals surface area contributed by atoms with E-state index < -0.39 is 9.84 Å². The Morgan fingerprint density at radius 2 is 2.21 bits per heavy atom. The summed E-state index contributed by atoms with van der Waals surface area (Å²) in [6.07, 6.45) is 2.50. The third kappa shape index (κ3) is 3.09. The van der Waals surface area contributed by atoms with Crippen LogP contribution in [0.4, 0.5) is 5.95 Å². The minimum absolute atomic E-state index is 0.221. The molecule has 1 saturated heterocycles. The van der Waals surface area contributed by atoms with Gasteiger partial charge in [0.05, 0.1) is 23.4 Å². The van der Waals surface area contributed by atoms with Crippen molar-refractivity contribution in [3.63, 3.8) is 0 Å². The number of aromatic nitrogens is 2. The molecule has 1 aromatic heterocycles. The largest absolute Gasteiger partial charge is 0.348 e. The van der Waals surface area contributed by atoms with Gasteiger partial charge >= 0.3 is 0 Å². The predicted octanol–water partition coefficient (Wildman–Crippen LogP) is 0.153. The molecule has 0 aromatic carbocycles. The lowest BCUT2D eigenvalue weighted by atomic mass is 10.0. The van der Waals surface area contributed by atoms with E-state index in [0.717, 1.165) is 11.6 Å². The number of nitrogens with zero attached hydrogens (tertiary/aromatic N) is 3. The van der Waals surface area contributed by atoms with Crippen LogP contribution in [0.5, 0.6) is 0 Å². The van der Waals surface area contributed by atoms with E-state index in [-0.39, 0.29) is 17.0 Å². The van der Waals surface area contributed by atoms with Crippen molar-refractivity contribution in [3.8, 4) is 0 Å². The topological polar surface area (TPSA) is 67.2 Å². The summed E-state index contributed by atoms with van der Waals surface area (Å²) in [6.45, 7) is 2.60. The highest BCUT2D eigenvalue weighted by Crippen LogP contribution is 2.23. The smallest absolute Gasteiger partial charge is 0.204 e. The SMILES string of the molecule is CN(C)c1ncc(CNC2(C)CCS(=O)(=O)C2)n1C. The van der Waals surface area contributed by atoms with E-state index in [4.69, 9.17) is 0 Å². The van der Waals surface area contributed by atoms with E-state index in [1.807, 2.05) is 43.7 Å². The lowest BCUT2D eigenvalue weighted by Gasteiger charge is -2.24. The number of imidazole rings is 1. The highest BCUT2D eigenvalue weighted by atomic mass is 32.2. The van der Waals surface area contributed by atoms with Gasteiger partial charge in [0.2, 0.25) is 5.95 Å². The second kappa shape index (κ2) is 4.79. The van der Waals surface area contributed by atoms with Gasteiger partial charge in [-0.15, -0.1) is 0 Å². The normalized spacial score (nSPS) is 25.7. The van der Waals surface area contributed by atoms with Gasteiger partial charge in [0.25, 0.3) is 0 Å². The maximum Gasteiger partial charge on any atom is 0.204 e. The van der Waals surface area contributed by atoms with E-state index >= 15 is 0 Å². The Morgan fingerprint density at radius 3 is 2.68 bits per heavy atom. The molecule has 0 spiro atoms. The predicted molar refractivity (Wildman–Crippen MR) is 76.1 cm³/mol. The molecular formula is C12H22N4O2S. The number of hydrogen-bond acceptors (Lipinski definition) is 5. The van der Waals surface area contributed by atoms with Gasteiger partial charge in [-0.1, -0.05) is 0 Å². The highest BCUT2D eigenvalue weighted by Gasteiger charge is 2.37. The molecule has 19 heavy (non-hydrogen) atoms. The lowest BCUT2D eigenvalue weighted by Crippen LogP contribution is -2.43. The molecule has 1 N–H and O–H groups in total. The Labute approximate surface area is 114 Å². The molecule has 1 fully saturated rings. The first-order chi connectivity index (χ1) is 8.72. The monoisotopic (exact) mass is 286 g/mol. The average molecular weight is 286 g/mol. The Bertz CT molecular complexity index is 564. The third-order valence-electron chi connectivity index (χ3n) is 3.66.